The van der Waals surface area contributed by atoms with Gasteiger partial charge >= 0.3 is 0 Å². The Kier molecular flexibility index (Phi) is 9.75. The molecule has 0 bridgehead atoms. The Morgan fingerprint density at radius 3 is 2.79 bits per heavy atom. The Labute approximate surface area is 176 Å². The smallest absolute Gasteiger partial charge is 0.227 e. The first-order chi connectivity index (χ1) is 12.7. The van der Waals surface area contributed by atoms with Crippen LogP contribution in [-0.4, -0.2) is 35.1 Å². The predicted molar refractivity (Wildman–Crippen MR) is 114 cm³/mol. The van der Waals surface area contributed by atoms with E-state index in [-0.39, 0.29) is 43.2 Å². The van der Waals surface area contributed by atoms with Crippen molar-refractivity contribution in [2.75, 3.05) is 19.0 Å². The molecule has 0 fully saturated rings. The molecule has 2 aromatic heterocycles. The number of nitrogens with one attached hydrogen (secondary N) is 1. The quantitative estimate of drug-likeness (QED) is 0.577. The van der Waals surface area contributed by atoms with Gasteiger partial charge in [-0.2, -0.15) is 0 Å². The molecule has 0 saturated heterocycles. The number of hydrogen-bond donors (Lipinski definition) is 2. The van der Waals surface area contributed by atoms with Crippen molar-refractivity contribution in [2.24, 2.45) is 5.73 Å². The van der Waals surface area contributed by atoms with Gasteiger partial charge in [0.1, 0.15) is 18.0 Å². The van der Waals surface area contributed by atoms with Gasteiger partial charge in [-0.3, -0.25) is 4.79 Å². The number of carbonyl (C=O) groups is 1. The Hall–Kier alpha value is -2.32. The Balaban J connectivity index is 0.00000196. The number of nitrogens with zero attached hydrogens (tertiary/aromatic N) is 2. The van der Waals surface area contributed by atoms with Crippen LogP contribution in [0.15, 0.2) is 54.9 Å². The average molecular weight is 427 g/mol. The molecule has 1 aromatic carbocycles. The molecular formula is C19H24Cl2N4O3. The minimum absolute atomic E-state index is 0. The first-order valence-corrected chi connectivity index (χ1v) is 8.36. The van der Waals surface area contributed by atoms with E-state index in [1.807, 2.05) is 47.1 Å². The second kappa shape index (κ2) is 11.5. The number of fused-ring (bicyclic) bond motifs is 1. The normalized spacial score (nSPS) is 11.2. The minimum atomic E-state index is -0.288. The largest absolute Gasteiger partial charge is 0.487 e. The van der Waals surface area contributed by atoms with Crippen molar-refractivity contribution < 1.29 is 14.3 Å². The summed E-state index contributed by atoms with van der Waals surface area (Å²) in [4.78, 5) is 16.5. The van der Waals surface area contributed by atoms with Crippen molar-refractivity contribution in [1.29, 1.82) is 0 Å². The van der Waals surface area contributed by atoms with Crippen molar-refractivity contribution in [3.63, 3.8) is 0 Å². The van der Waals surface area contributed by atoms with Gasteiger partial charge in [-0.05, 0) is 24.3 Å². The van der Waals surface area contributed by atoms with Crippen LogP contribution in [0.4, 0.5) is 5.69 Å². The molecule has 0 radical (unpaired) electrons. The third-order valence-corrected chi connectivity index (χ3v) is 3.93. The Morgan fingerprint density at radius 2 is 2.07 bits per heavy atom. The van der Waals surface area contributed by atoms with Gasteiger partial charge in [-0.1, -0.05) is 12.1 Å². The molecular weight excluding hydrogens is 403 g/mol. The number of nitrogens with two attached hydrogens (primary N) is 1. The lowest BCUT2D eigenvalue weighted by atomic mass is 10.2. The van der Waals surface area contributed by atoms with Crippen LogP contribution < -0.4 is 15.8 Å². The summed E-state index contributed by atoms with van der Waals surface area (Å²) in [5.41, 5.74) is 7.91. The summed E-state index contributed by atoms with van der Waals surface area (Å²) in [7, 11) is 1.54. The third kappa shape index (κ3) is 6.38. The number of aromatic nitrogens is 2. The van der Waals surface area contributed by atoms with Gasteiger partial charge in [0.2, 0.25) is 5.91 Å². The van der Waals surface area contributed by atoms with Gasteiger partial charge in [0.05, 0.1) is 18.2 Å². The second-order valence-corrected chi connectivity index (χ2v) is 5.86. The van der Waals surface area contributed by atoms with Crippen LogP contribution in [0, 0.1) is 0 Å². The molecule has 3 rings (SSSR count). The van der Waals surface area contributed by atoms with Crippen LogP contribution >= 0.6 is 24.8 Å². The number of hydrogen-bond acceptors (Lipinski definition) is 5. The SMILES string of the molecule is COC(CN)CC(=O)Nc1cccc(OCc2cn3ccccc3n2)c1.Cl.Cl. The zero-order chi connectivity index (χ0) is 18.4. The summed E-state index contributed by atoms with van der Waals surface area (Å²) < 4.78 is 12.9. The van der Waals surface area contributed by atoms with E-state index < -0.39 is 0 Å². The maximum Gasteiger partial charge on any atom is 0.227 e. The number of imidazole rings is 1. The minimum Gasteiger partial charge on any atom is -0.487 e. The average Bonchev–Trinajstić information content (AvgIpc) is 3.08. The molecule has 0 spiro atoms. The van der Waals surface area contributed by atoms with Gasteiger partial charge in [-0.25, -0.2) is 4.98 Å². The monoisotopic (exact) mass is 426 g/mol. The second-order valence-electron chi connectivity index (χ2n) is 5.86. The highest BCUT2D eigenvalue weighted by Crippen LogP contribution is 2.19. The number of rotatable bonds is 8. The highest BCUT2D eigenvalue weighted by atomic mass is 35.5. The number of amides is 1. The van der Waals surface area contributed by atoms with Crippen molar-refractivity contribution in [2.45, 2.75) is 19.1 Å². The van der Waals surface area contributed by atoms with Crippen molar-refractivity contribution in [1.82, 2.24) is 9.38 Å². The summed E-state index contributed by atoms with van der Waals surface area (Å²) in [5, 5.41) is 2.83. The summed E-state index contributed by atoms with van der Waals surface area (Å²) in [6.45, 7) is 0.643. The molecule has 0 saturated carbocycles. The molecule has 3 N–H and O–H groups in total. The Bertz CT molecular complexity index is 851. The van der Waals surface area contributed by atoms with Crippen molar-refractivity contribution in [3.05, 3.63) is 60.6 Å². The van der Waals surface area contributed by atoms with Gasteiger partial charge in [0.25, 0.3) is 0 Å². The summed E-state index contributed by atoms with van der Waals surface area (Å²) in [5.74, 6) is 0.502. The first kappa shape index (κ1) is 23.7. The fourth-order valence-electron chi connectivity index (χ4n) is 2.56. The maximum atomic E-state index is 12.0. The van der Waals surface area contributed by atoms with E-state index in [0.717, 1.165) is 11.3 Å². The number of halogens is 2. The van der Waals surface area contributed by atoms with Crippen LogP contribution in [-0.2, 0) is 16.1 Å². The number of pyridine rings is 1. The lowest BCUT2D eigenvalue weighted by Crippen LogP contribution is -2.28. The van der Waals surface area contributed by atoms with Gasteiger partial charge in [0.15, 0.2) is 0 Å². The molecule has 1 unspecified atom stereocenters. The number of ether oxygens (including phenoxy) is 2. The van der Waals surface area contributed by atoms with Gasteiger partial charge in [-0.15, -0.1) is 24.8 Å². The van der Waals surface area contributed by atoms with Crippen LogP contribution in [0.2, 0.25) is 0 Å². The van der Waals surface area contributed by atoms with E-state index in [0.29, 0.717) is 24.6 Å². The van der Waals surface area contributed by atoms with Crippen LogP contribution in [0.3, 0.4) is 0 Å². The number of anilines is 1. The van der Waals surface area contributed by atoms with E-state index in [2.05, 4.69) is 10.3 Å². The molecule has 7 nitrogen and oxygen atoms in total. The van der Waals surface area contributed by atoms with E-state index in [1.54, 1.807) is 19.2 Å². The zero-order valence-corrected chi connectivity index (χ0v) is 17.0. The highest BCUT2D eigenvalue weighted by Gasteiger charge is 2.12. The van der Waals surface area contributed by atoms with E-state index >= 15 is 0 Å². The van der Waals surface area contributed by atoms with E-state index in [4.69, 9.17) is 15.2 Å². The molecule has 3 aromatic rings. The molecule has 1 atom stereocenters. The van der Waals surface area contributed by atoms with Crippen LogP contribution in [0.25, 0.3) is 5.65 Å². The van der Waals surface area contributed by atoms with Crippen LogP contribution in [0.1, 0.15) is 12.1 Å². The maximum absolute atomic E-state index is 12.0. The van der Waals surface area contributed by atoms with Crippen molar-refractivity contribution in [3.8, 4) is 5.75 Å². The molecule has 0 aliphatic carbocycles. The summed E-state index contributed by atoms with van der Waals surface area (Å²) >= 11 is 0. The molecule has 0 aliphatic rings. The lowest BCUT2D eigenvalue weighted by molar-refractivity contribution is -0.118. The zero-order valence-electron chi connectivity index (χ0n) is 15.4. The third-order valence-electron chi connectivity index (χ3n) is 3.93. The summed E-state index contributed by atoms with van der Waals surface area (Å²) in [6.07, 6.45) is 3.79. The molecule has 1 amide bonds. The predicted octanol–water partition coefficient (Wildman–Crippen LogP) is 3.06. The van der Waals surface area contributed by atoms with E-state index in [9.17, 15) is 4.79 Å². The molecule has 28 heavy (non-hydrogen) atoms. The number of carbonyl (C=O) groups excluding carboxylic acids is 1. The van der Waals surface area contributed by atoms with Gasteiger partial charge in [0, 0.05) is 37.8 Å². The first-order valence-electron chi connectivity index (χ1n) is 8.36. The van der Waals surface area contributed by atoms with Crippen LogP contribution in [0.5, 0.6) is 5.75 Å². The van der Waals surface area contributed by atoms with Gasteiger partial charge < -0.3 is 24.9 Å². The molecule has 0 aliphatic heterocycles. The lowest BCUT2D eigenvalue weighted by Gasteiger charge is -2.13. The van der Waals surface area contributed by atoms with Crippen molar-refractivity contribution >= 4 is 42.1 Å². The fourth-order valence-corrected chi connectivity index (χ4v) is 2.56. The molecule has 2 heterocycles. The summed E-state index contributed by atoms with van der Waals surface area (Å²) in [6, 6.07) is 13.1. The fraction of sp³-hybridized carbons (Fsp3) is 0.263. The molecule has 152 valence electrons. The Morgan fingerprint density at radius 1 is 1.25 bits per heavy atom. The topological polar surface area (TPSA) is 90.9 Å². The number of benzene rings is 1. The molecule has 9 heteroatoms. The standard InChI is InChI=1S/C19H22N4O3.2ClH/c1-25-17(11-20)10-19(24)22-14-5-4-6-16(9-14)26-13-15-12-23-8-3-2-7-18(23)21-15;;/h2-9,12,17H,10-11,13,20H2,1H3,(H,22,24);2*1H. The highest BCUT2D eigenvalue weighted by molar-refractivity contribution is 5.91. The van der Waals surface area contributed by atoms with E-state index in [1.165, 1.54) is 0 Å². The number of methoxy groups -OCH3 is 1.